The second kappa shape index (κ2) is 7.85. The van der Waals surface area contributed by atoms with E-state index >= 15 is 0 Å². The Hall–Kier alpha value is -1.44. The van der Waals surface area contributed by atoms with Gasteiger partial charge in [-0.25, -0.2) is 8.42 Å². The second-order valence-electron chi connectivity index (χ2n) is 6.93. The molecule has 0 radical (unpaired) electrons. The molecule has 2 saturated heterocycles. The number of hydrogen-bond donors (Lipinski definition) is 1. The van der Waals surface area contributed by atoms with Crippen LogP contribution in [-0.4, -0.2) is 62.8 Å². The summed E-state index contributed by atoms with van der Waals surface area (Å²) in [5.41, 5.74) is 0. The third-order valence-electron chi connectivity index (χ3n) is 5.26. The number of nitrogens with one attached hydrogen (secondary N) is 1. The zero-order chi connectivity index (χ0) is 17.9. The fraction of sp³-hybridized carbons (Fsp3) is 0.611. The van der Waals surface area contributed by atoms with E-state index in [-0.39, 0.29) is 18.4 Å². The van der Waals surface area contributed by atoms with Gasteiger partial charge in [-0.15, -0.1) is 0 Å². The van der Waals surface area contributed by atoms with Gasteiger partial charge < -0.3 is 10.2 Å². The van der Waals surface area contributed by atoms with Gasteiger partial charge in [0.15, 0.2) is 0 Å². The maximum Gasteiger partial charge on any atom is 0.243 e. The minimum atomic E-state index is -3.52. The molecule has 138 valence electrons. The summed E-state index contributed by atoms with van der Waals surface area (Å²) in [4.78, 5) is 15.1. The van der Waals surface area contributed by atoms with E-state index in [1.165, 1.54) is 4.31 Å². The van der Waals surface area contributed by atoms with Crippen molar-refractivity contribution in [3.63, 3.8) is 0 Å². The van der Waals surface area contributed by atoms with Gasteiger partial charge >= 0.3 is 0 Å². The summed E-state index contributed by atoms with van der Waals surface area (Å²) in [5.74, 6) is -0.129. The smallest absolute Gasteiger partial charge is 0.243 e. The molecule has 0 saturated carbocycles. The van der Waals surface area contributed by atoms with Crippen molar-refractivity contribution >= 4 is 15.9 Å². The van der Waals surface area contributed by atoms with E-state index in [2.05, 4.69) is 5.32 Å². The average Bonchev–Trinajstić information content (AvgIpc) is 2.68. The first-order valence-corrected chi connectivity index (χ1v) is 10.5. The van der Waals surface area contributed by atoms with Gasteiger partial charge in [-0.1, -0.05) is 18.2 Å². The third-order valence-corrected chi connectivity index (χ3v) is 7.14. The zero-order valence-corrected chi connectivity index (χ0v) is 15.5. The molecule has 7 heteroatoms. The second-order valence-corrected chi connectivity index (χ2v) is 8.87. The predicted octanol–water partition coefficient (Wildman–Crippen LogP) is 1.30. The molecule has 1 N–H and O–H groups in total. The van der Waals surface area contributed by atoms with Gasteiger partial charge in [0.05, 0.1) is 10.8 Å². The van der Waals surface area contributed by atoms with Crippen LogP contribution >= 0.6 is 0 Å². The van der Waals surface area contributed by atoms with Crippen LogP contribution in [0, 0.1) is 5.92 Å². The third kappa shape index (κ3) is 4.04. The van der Waals surface area contributed by atoms with E-state index in [0.717, 1.165) is 38.8 Å². The summed E-state index contributed by atoms with van der Waals surface area (Å²) >= 11 is 0. The van der Waals surface area contributed by atoms with E-state index in [4.69, 9.17) is 0 Å². The molecule has 0 spiro atoms. The molecule has 2 aliphatic heterocycles. The summed E-state index contributed by atoms with van der Waals surface area (Å²) in [6.07, 6.45) is 3.57. The first kappa shape index (κ1) is 18.4. The van der Waals surface area contributed by atoms with Gasteiger partial charge in [-0.3, -0.25) is 4.79 Å². The number of benzene rings is 1. The molecule has 2 atom stereocenters. The molecule has 2 fully saturated rings. The van der Waals surface area contributed by atoms with Crippen LogP contribution in [0.15, 0.2) is 35.2 Å². The molecule has 1 aromatic carbocycles. The predicted molar refractivity (Wildman–Crippen MR) is 96.6 cm³/mol. The van der Waals surface area contributed by atoms with Crippen LogP contribution in [0.2, 0.25) is 0 Å². The van der Waals surface area contributed by atoms with Crippen LogP contribution in [0.25, 0.3) is 0 Å². The molecule has 2 unspecified atom stereocenters. The number of amides is 1. The lowest BCUT2D eigenvalue weighted by molar-refractivity contribution is -0.138. The molecule has 2 aliphatic rings. The number of nitrogens with zero attached hydrogens (tertiary/aromatic N) is 2. The molecule has 0 bridgehead atoms. The van der Waals surface area contributed by atoms with Gasteiger partial charge in [0, 0.05) is 32.2 Å². The highest BCUT2D eigenvalue weighted by molar-refractivity contribution is 7.89. The highest BCUT2D eigenvalue weighted by atomic mass is 32.2. The van der Waals surface area contributed by atoms with E-state index < -0.39 is 10.0 Å². The molecule has 6 nitrogen and oxygen atoms in total. The molecule has 3 rings (SSSR count). The summed E-state index contributed by atoms with van der Waals surface area (Å²) in [6, 6.07) is 8.82. The Morgan fingerprint density at radius 3 is 2.52 bits per heavy atom. The monoisotopic (exact) mass is 365 g/mol. The normalized spacial score (nSPS) is 25.7. The summed E-state index contributed by atoms with van der Waals surface area (Å²) in [5, 5.41) is 3.25. The Bertz CT molecular complexity index is 693. The van der Waals surface area contributed by atoms with Crippen LogP contribution in [0.4, 0.5) is 0 Å². The SMILES string of the molecule is CNC1CCCN(C(=O)C2CCCN(S(=O)(=O)c3ccccc3)C2)C1. The van der Waals surface area contributed by atoms with Crippen molar-refractivity contribution in [3.05, 3.63) is 30.3 Å². The number of sulfonamides is 1. The number of likely N-dealkylation sites (tertiary alicyclic amines) is 1. The number of piperidine rings is 2. The molecule has 1 amide bonds. The molecule has 2 heterocycles. The van der Waals surface area contributed by atoms with Crippen molar-refractivity contribution in [2.45, 2.75) is 36.6 Å². The highest BCUT2D eigenvalue weighted by Gasteiger charge is 2.36. The lowest BCUT2D eigenvalue weighted by atomic mass is 9.96. The molecule has 0 aliphatic carbocycles. The van der Waals surface area contributed by atoms with Gasteiger partial charge in [0.2, 0.25) is 15.9 Å². The van der Waals surface area contributed by atoms with Crippen molar-refractivity contribution in [3.8, 4) is 0 Å². The highest BCUT2D eigenvalue weighted by Crippen LogP contribution is 2.26. The van der Waals surface area contributed by atoms with Crippen LogP contribution in [-0.2, 0) is 14.8 Å². The lowest BCUT2D eigenvalue weighted by Crippen LogP contribution is -2.52. The number of rotatable bonds is 4. The minimum Gasteiger partial charge on any atom is -0.341 e. The van der Waals surface area contributed by atoms with Crippen LogP contribution in [0.1, 0.15) is 25.7 Å². The topological polar surface area (TPSA) is 69.7 Å². The van der Waals surface area contributed by atoms with Crippen molar-refractivity contribution < 1.29 is 13.2 Å². The van der Waals surface area contributed by atoms with E-state index in [1.54, 1.807) is 30.3 Å². The van der Waals surface area contributed by atoms with Gasteiger partial charge in [0.25, 0.3) is 0 Å². The maximum atomic E-state index is 12.9. The Balaban J connectivity index is 1.70. The van der Waals surface area contributed by atoms with Crippen molar-refractivity contribution in [2.75, 3.05) is 33.2 Å². The van der Waals surface area contributed by atoms with Crippen LogP contribution in [0.5, 0.6) is 0 Å². The molecule has 25 heavy (non-hydrogen) atoms. The zero-order valence-electron chi connectivity index (χ0n) is 14.7. The first-order valence-electron chi connectivity index (χ1n) is 9.03. The summed E-state index contributed by atoms with van der Waals surface area (Å²) in [7, 11) is -1.60. The number of likely N-dealkylation sites (N-methyl/N-ethyl adjacent to an activating group) is 1. The Morgan fingerprint density at radius 1 is 1.08 bits per heavy atom. The fourth-order valence-electron chi connectivity index (χ4n) is 3.77. The first-order chi connectivity index (χ1) is 12.0. The molecular formula is C18H27N3O3S. The van der Waals surface area contributed by atoms with E-state index in [9.17, 15) is 13.2 Å². The number of hydrogen-bond acceptors (Lipinski definition) is 4. The average molecular weight is 365 g/mol. The van der Waals surface area contributed by atoms with Gasteiger partial charge in [-0.2, -0.15) is 4.31 Å². The number of carbonyl (C=O) groups is 1. The quantitative estimate of drug-likeness (QED) is 0.873. The molecule has 1 aromatic rings. The largest absolute Gasteiger partial charge is 0.341 e. The lowest BCUT2D eigenvalue weighted by Gasteiger charge is -2.37. The minimum absolute atomic E-state index is 0.105. The Kier molecular flexibility index (Phi) is 5.76. The van der Waals surface area contributed by atoms with Gasteiger partial charge in [-0.05, 0) is 44.9 Å². The van der Waals surface area contributed by atoms with Crippen LogP contribution in [0.3, 0.4) is 0 Å². The summed E-state index contributed by atoms with van der Waals surface area (Å²) < 4.78 is 27.1. The molecule has 0 aromatic heterocycles. The van der Waals surface area contributed by atoms with Crippen LogP contribution < -0.4 is 5.32 Å². The standard InChI is InChI=1S/C18H27N3O3S/c1-19-16-8-6-11-20(14-16)18(22)15-7-5-12-21(13-15)25(23,24)17-9-3-2-4-10-17/h2-4,9-10,15-16,19H,5-8,11-14H2,1H3. The maximum absolute atomic E-state index is 12.9. The van der Waals surface area contributed by atoms with Crippen molar-refractivity contribution in [2.24, 2.45) is 5.92 Å². The van der Waals surface area contributed by atoms with Gasteiger partial charge in [0.1, 0.15) is 0 Å². The summed E-state index contributed by atoms with van der Waals surface area (Å²) in [6.45, 7) is 2.27. The number of carbonyl (C=O) groups excluding carboxylic acids is 1. The van der Waals surface area contributed by atoms with E-state index in [0.29, 0.717) is 17.5 Å². The Labute approximate surface area is 150 Å². The van der Waals surface area contributed by atoms with E-state index in [1.807, 2.05) is 11.9 Å². The Morgan fingerprint density at radius 2 is 1.80 bits per heavy atom. The molecular weight excluding hydrogens is 338 g/mol. The van der Waals surface area contributed by atoms with Crippen molar-refractivity contribution in [1.29, 1.82) is 0 Å². The van der Waals surface area contributed by atoms with Crippen molar-refractivity contribution in [1.82, 2.24) is 14.5 Å². The fourth-order valence-corrected chi connectivity index (χ4v) is 5.32.